The van der Waals surface area contributed by atoms with Gasteiger partial charge in [0, 0.05) is 13.0 Å². The third kappa shape index (κ3) is 6.59. The number of hydrogen-bond acceptors (Lipinski definition) is 2. The Kier molecular flexibility index (Phi) is 13.0. The van der Waals surface area contributed by atoms with Crippen LogP contribution in [-0.4, -0.2) is 132 Å². The van der Waals surface area contributed by atoms with Gasteiger partial charge in [-0.2, -0.15) is 145 Å². The van der Waals surface area contributed by atoms with Crippen molar-refractivity contribution in [2.75, 3.05) is 20.6 Å². The molecule has 0 aliphatic heterocycles. The lowest BCUT2D eigenvalue weighted by Crippen LogP contribution is -2.80. The molecule has 0 heterocycles. The van der Waals surface area contributed by atoms with Crippen LogP contribution in [-0.2, 0) is 0 Å². The molecule has 0 aliphatic rings. The van der Waals surface area contributed by atoms with Crippen LogP contribution >= 0.6 is 0 Å². The zero-order valence-corrected chi connectivity index (χ0v) is 25.4. The van der Waals surface area contributed by atoms with Crippen molar-refractivity contribution in [3.63, 3.8) is 0 Å². The van der Waals surface area contributed by atoms with Gasteiger partial charge in [-0.3, -0.25) is 0 Å². The van der Waals surface area contributed by atoms with E-state index in [0.29, 0.717) is 4.90 Å². The van der Waals surface area contributed by atoms with E-state index in [9.17, 15) is 145 Å². The molecule has 0 saturated heterocycles. The van der Waals surface area contributed by atoms with E-state index in [1.807, 2.05) is 0 Å². The van der Waals surface area contributed by atoms with E-state index in [-0.39, 0.29) is 0 Å². The number of halogens is 33. The van der Waals surface area contributed by atoms with Crippen molar-refractivity contribution in [2.24, 2.45) is 0 Å². The predicted molar refractivity (Wildman–Crippen MR) is 109 cm³/mol. The molecule has 1 unspecified atom stereocenters. The molecule has 0 aromatic heterocycles. The molecule has 0 fully saturated rings. The third-order valence-corrected chi connectivity index (χ3v) is 7.01. The van der Waals surface area contributed by atoms with Crippen molar-refractivity contribution < 1.29 is 150 Å². The van der Waals surface area contributed by atoms with Gasteiger partial charge in [-0.05, 0) is 14.1 Å². The first kappa shape index (κ1) is 53.6. The minimum Gasteiger partial charge on any atom is -0.392 e. The zero-order valence-electron chi connectivity index (χ0n) is 25.4. The summed E-state index contributed by atoms with van der Waals surface area (Å²) in [6, 6.07) is 0. The maximum atomic E-state index is 14.0. The van der Waals surface area contributed by atoms with Gasteiger partial charge < -0.3 is 10.0 Å². The minimum atomic E-state index is -10.2. The quantitative estimate of drug-likeness (QED) is 0.139. The molecule has 1 N–H and O–H groups in total. The Morgan fingerprint density at radius 3 is 0.625 bits per heavy atom. The summed E-state index contributed by atoms with van der Waals surface area (Å²) in [7, 11) is 1.47. The van der Waals surface area contributed by atoms with E-state index in [2.05, 4.69) is 0 Å². The molecule has 2 nitrogen and oxygen atoms in total. The van der Waals surface area contributed by atoms with Crippen molar-refractivity contribution in [2.45, 2.75) is 108 Å². The number of likely N-dealkylation sites (N-methyl/N-ethyl adjacent to an activating group) is 1. The van der Waals surface area contributed by atoms with E-state index < -0.39 is 114 Å². The number of nitrogens with zero attached hydrogens (tertiary/aromatic N) is 1. The van der Waals surface area contributed by atoms with E-state index in [0.717, 1.165) is 14.1 Å². The summed E-state index contributed by atoms with van der Waals surface area (Å²) >= 11 is 0. The van der Waals surface area contributed by atoms with Crippen LogP contribution in [0.5, 0.6) is 0 Å². The summed E-state index contributed by atoms with van der Waals surface area (Å²) < 4.78 is 449. The molecule has 0 aromatic rings. The monoisotopic (exact) mass is 921 g/mol. The van der Waals surface area contributed by atoms with E-state index >= 15 is 0 Å². The van der Waals surface area contributed by atoms with Crippen molar-refractivity contribution in [1.82, 2.24) is 4.90 Å². The van der Waals surface area contributed by atoms with Crippen molar-refractivity contribution >= 4 is 0 Å². The second-order valence-corrected chi connectivity index (χ2v) is 11.4. The molecular weight excluding hydrogens is 909 g/mol. The van der Waals surface area contributed by atoms with E-state index in [1.165, 1.54) is 0 Å². The molecule has 0 bridgehead atoms. The Balaban J connectivity index is 7.65. The second kappa shape index (κ2) is 13.6. The van der Waals surface area contributed by atoms with Gasteiger partial charge in [-0.1, -0.05) is 0 Å². The number of hydrogen-bond donors (Lipinski definition) is 1. The molecule has 0 saturated carbocycles. The summed E-state index contributed by atoms with van der Waals surface area (Å²) in [4.78, 5) is 0.478. The van der Waals surface area contributed by atoms with Gasteiger partial charge in [0.25, 0.3) is 0 Å². The molecule has 56 heavy (non-hydrogen) atoms. The highest BCUT2D eigenvalue weighted by Gasteiger charge is 3.01. The summed E-state index contributed by atoms with van der Waals surface area (Å²) in [5, 5.41) is 9.15. The first-order chi connectivity index (χ1) is 23.6. The van der Waals surface area contributed by atoms with Crippen LogP contribution in [0.25, 0.3) is 0 Å². The molecular formula is C21H12F33NO. The topological polar surface area (TPSA) is 23.5 Å². The molecule has 0 rings (SSSR count). The fraction of sp³-hybridized carbons (Fsp3) is 1.00. The van der Waals surface area contributed by atoms with Crippen LogP contribution < -0.4 is 0 Å². The molecule has 0 radical (unpaired) electrons. The van der Waals surface area contributed by atoms with Gasteiger partial charge in [0.05, 0.1) is 6.10 Å². The molecule has 35 heteroatoms. The summed E-state index contributed by atoms with van der Waals surface area (Å²) in [5.74, 6) is -143. The largest absolute Gasteiger partial charge is 0.460 e. The zero-order chi connectivity index (χ0) is 46.6. The van der Waals surface area contributed by atoms with Crippen LogP contribution in [0.3, 0.4) is 0 Å². The highest BCUT2D eigenvalue weighted by Crippen LogP contribution is 2.70. The molecule has 0 aromatic carbocycles. The first-order valence-electron chi connectivity index (χ1n) is 12.6. The third-order valence-electron chi connectivity index (χ3n) is 7.01. The molecule has 0 spiro atoms. The van der Waals surface area contributed by atoms with Crippen molar-refractivity contribution in [3.05, 3.63) is 0 Å². The number of rotatable bonds is 18. The standard InChI is InChI=1S/C21H12F33NO/c1-55(2)4-5(56)3-6(22,23)7(24,25)8(26,27)9(28,29)10(30,31)11(32,33)12(34,35)13(36,37)14(38,39)15(40,41)16(42,43)17(44,45)18(46,47)19(48,49)20(50,51)21(52,53)54/h5,56H,3-4H2,1-2H3. The van der Waals surface area contributed by atoms with Crippen LogP contribution in [0.4, 0.5) is 145 Å². The fourth-order valence-electron chi connectivity index (χ4n) is 3.68. The fourth-order valence-corrected chi connectivity index (χ4v) is 3.68. The molecule has 338 valence electrons. The summed E-state index contributed by atoms with van der Waals surface area (Å²) in [5.41, 5.74) is 0. The van der Waals surface area contributed by atoms with Crippen molar-refractivity contribution in [1.29, 1.82) is 0 Å². The Hall–Kier alpha value is -2.39. The Bertz CT molecular complexity index is 1390. The SMILES string of the molecule is CN(C)CC(O)CC(F)(F)C(F)(F)C(F)(F)C(F)(F)C(F)(F)C(F)(F)C(F)(F)C(F)(F)C(F)(F)C(F)(F)C(F)(F)C(F)(F)C(F)(F)C(F)(F)C(F)(F)C(F)(F)F. The van der Waals surface area contributed by atoms with Gasteiger partial charge in [-0.25, -0.2) is 0 Å². The first-order valence-corrected chi connectivity index (χ1v) is 12.6. The van der Waals surface area contributed by atoms with Gasteiger partial charge in [0.1, 0.15) is 0 Å². The normalized spacial score (nSPS) is 17.5. The lowest BCUT2D eigenvalue weighted by molar-refractivity contribution is -0.491. The molecule has 0 aliphatic carbocycles. The number of alkyl halides is 33. The maximum Gasteiger partial charge on any atom is 0.460 e. The Morgan fingerprint density at radius 2 is 0.464 bits per heavy atom. The highest BCUT2D eigenvalue weighted by atomic mass is 19.4. The molecule has 0 amide bonds. The van der Waals surface area contributed by atoms with E-state index in [1.54, 1.807) is 0 Å². The van der Waals surface area contributed by atoms with E-state index in [4.69, 9.17) is 5.11 Å². The van der Waals surface area contributed by atoms with Crippen LogP contribution in [0.1, 0.15) is 6.42 Å². The van der Waals surface area contributed by atoms with Crippen LogP contribution in [0.2, 0.25) is 0 Å². The lowest BCUT2D eigenvalue weighted by atomic mass is 9.82. The Labute approximate surface area is 284 Å². The lowest BCUT2D eigenvalue weighted by Gasteiger charge is -2.47. The average molecular weight is 921 g/mol. The maximum absolute atomic E-state index is 14.0. The summed E-state index contributed by atoms with van der Waals surface area (Å²) in [6.07, 6.45) is -14.9. The van der Waals surface area contributed by atoms with Gasteiger partial charge >= 0.3 is 95.0 Å². The highest BCUT2D eigenvalue weighted by molar-refractivity contribution is 5.22. The predicted octanol–water partition coefficient (Wildman–Crippen LogP) is 10.4. The van der Waals surface area contributed by atoms with Crippen LogP contribution in [0, 0.1) is 0 Å². The van der Waals surface area contributed by atoms with Gasteiger partial charge in [0.15, 0.2) is 0 Å². The van der Waals surface area contributed by atoms with Crippen molar-refractivity contribution in [3.8, 4) is 0 Å². The van der Waals surface area contributed by atoms with Gasteiger partial charge in [0.2, 0.25) is 0 Å². The smallest absolute Gasteiger partial charge is 0.392 e. The van der Waals surface area contributed by atoms with Gasteiger partial charge in [-0.15, -0.1) is 0 Å². The second-order valence-electron chi connectivity index (χ2n) is 11.4. The average Bonchev–Trinajstić information content (AvgIpc) is 2.94. The molecule has 1 atom stereocenters. The number of aliphatic hydroxyl groups excluding tert-OH is 1. The number of aliphatic hydroxyl groups is 1. The van der Waals surface area contributed by atoms with Crippen LogP contribution in [0.15, 0.2) is 0 Å². The Morgan fingerprint density at radius 1 is 0.304 bits per heavy atom. The summed E-state index contributed by atoms with van der Waals surface area (Å²) in [6.45, 7) is -1.40. The minimum absolute atomic E-state index is 0.478.